The first kappa shape index (κ1) is 17.1. The van der Waals surface area contributed by atoms with Gasteiger partial charge in [-0.05, 0) is 30.7 Å². The zero-order chi connectivity index (χ0) is 17.0. The molecule has 5 nitrogen and oxygen atoms in total. The number of aromatic nitrogens is 1. The molecule has 23 heavy (non-hydrogen) atoms. The van der Waals surface area contributed by atoms with Crippen LogP contribution in [0.4, 0.5) is 10.1 Å². The van der Waals surface area contributed by atoms with Crippen molar-refractivity contribution in [1.29, 1.82) is 5.26 Å². The number of carbonyl (C=O) groups excluding carboxylic acids is 1. The number of amides is 1. The van der Waals surface area contributed by atoms with Gasteiger partial charge in [-0.3, -0.25) is 9.59 Å². The number of carbonyl (C=O) groups is 1. The zero-order valence-corrected chi connectivity index (χ0v) is 13.5. The molecule has 2 N–H and O–H groups in total. The van der Waals surface area contributed by atoms with E-state index in [4.69, 9.17) is 16.9 Å². The lowest BCUT2D eigenvalue weighted by Gasteiger charge is -2.08. The predicted octanol–water partition coefficient (Wildman–Crippen LogP) is 3.08. The molecule has 1 amide bonds. The molecule has 0 aliphatic carbocycles. The van der Waals surface area contributed by atoms with Crippen LogP contribution < -0.4 is 10.9 Å². The topological polar surface area (TPSA) is 85.8 Å². The maximum atomic E-state index is 12.9. The van der Waals surface area contributed by atoms with E-state index in [-0.39, 0.29) is 22.0 Å². The van der Waals surface area contributed by atoms with Crippen LogP contribution in [0.25, 0.3) is 0 Å². The maximum Gasteiger partial charge on any atom is 0.249 e. The van der Waals surface area contributed by atoms with Crippen LogP contribution in [-0.4, -0.2) is 16.6 Å². The van der Waals surface area contributed by atoms with Gasteiger partial charge < -0.3 is 10.3 Å². The first-order valence-corrected chi connectivity index (χ1v) is 7.79. The van der Waals surface area contributed by atoms with E-state index in [0.29, 0.717) is 16.2 Å². The van der Waals surface area contributed by atoms with Crippen LogP contribution in [0.3, 0.4) is 0 Å². The van der Waals surface area contributed by atoms with E-state index in [1.807, 2.05) is 6.07 Å². The van der Waals surface area contributed by atoms with Gasteiger partial charge in [0.05, 0.1) is 27.1 Å². The Kier molecular flexibility index (Phi) is 5.42. The van der Waals surface area contributed by atoms with Gasteiger partial charge in [0.1, 0.15) is 11.9 Å². The number of thioether (sulfide) groups is 1. The monoisotopic (exact) mass is 351 g/mol. The molecular weight excluding hydrogens is 341 g/mol. The van der Waals surface area contributed by atoms with E-state index in [2.05, 4.69) is 10.3 Å². The summed E-state index contributed by atoms with van der Waals surface area (Å²) in [5.41, 5.74) is 0.811. The number of aryl methyl sites for hydroxylation is 1. The van der Waals surface area contributed by atoms with Crippen LogP contribution in [0.2, 0.25) is 5.02 Å². The number of hydrogen-bond acceptors (Lipinski definition) is 4. The molecule has 2 aromatic rings. The number of benzene rings is 1. The van der Waals surface area contributed by atoms with Crippen molar-refractivity contribution < 1.29 is 9.18 Å². The summed E-state index contributed by atoms with van der Waals surface area (Å²) in [7, 11) is 0. The molecule has 0 spiro atoms. The molecule has 1 heterocycles. The first-order valence-electron chi connectivity index (χ1n) is 6.42. The molecule has 0 saturated carbocycles. The highest BCUT2D eigenvalue weighted by atomic mass is 35.5. The number of nitrogens with zero attached hydrogens (tertiary/aromatic N) is 1. The predicted molar refractivity (Wildman–Crippen MR) is 87.3 cm³/mol. The molecule has 2 rings (SSSR count). The fourth-order valence-corrected chi connectivity index (χ4v) is 2.91. The third-order valence-electron chi connectivity index (χ3n) is 2.87. The van der Waals surface area contributed by atoms with E-state index in [9.17, 15) is 14.0 Å². The Morgan fingerprint density at radius 1 is 1.48 bits per heavy atom. The van der Waals surface area contributed by atoms with Crippen LogP contribution in [0, 0.1) is 24.1 Å². The molecule has 8 heteroatoms. The number of pyridine rings is 1. The van der Waals surface area contributed by atoms with Crippen molar-refractivity contribution in [3.63, 3.8) is 0 Å². The van der Waals surface area contributed by atoms with E-state index in [0.717, 1.165) is 17.8 Å². The Labute approximate surface area is 140 Å². The van der Waals surface area contributed by atoms with E-state index in [1.165, 1.54) is 18.2 Å². The molecule has 118 valence electrons. The van der Waals surface area contributed by atoms with Crippen molar-refractivity contribution in [1.82, 2.24) is 4.98 Å². The van der Waals surface area contributed by atoms with Gasteiger partial charge in [0.2, 0.25) is 11.5 Å². The number of rotatable bonds is 4. The Balaban J connectivity index is 2.08. The molecule has 0 aliphatic rings. The number of halogens is 2. The average molecular weight is 352 g/mol. The summed E-state index contributed by atoms with van der Waals surface area (Å²) in [4.78, 5) is 25.9. The molecule has 0 bridgehead atoms. The van der Waals surface area contributed by atoms with Crippen LogP contribution in [0.1, 0.15) is 11.1 Å². The van der Waals surface area contributed by atoms with Crippen LogP contribution in [-0.2, 0) is 4.79 Å². The molecular formula is C15H11ClFN3O2S. The zero-order valence-electron chi connectivity index (χ0n) is 11.9. The summed E-state index contributed by atoms with van der Waals surface area (Å²) < 4.78 is 12.9. The maximum absolute atomic E-state index is 12.9. The number of anilines is 1. The Bertz CT molecular complexity index is 861. The van der Waals surface area contributed by atoms with Gasteiger partial charge in [-0.25, -0.2) is 4.39 Å². The summed E-state index contributed by atoms with van der Waals surface area (Å²) in [6, 6.07) is 6.95. The number of aromatic amines is 1. The minimum atomic E-state index is -0.502. The van der Waals surface area contributed by atoms with Gasteiger partial charge in [0, 0.05) is 6.07 Å². The third kappa shape index (κ3) is 4.34. The van der Waals surface area contributed by atoms with Crippen molar-refractivity contribution in [2.75, 3.05) is 11.1 Å². The van der Waals surface area contributed by atoms with Gasteiger partial charge >= 0.3 is 0 Å². The molecule has 0 saturated heterocycles. The van der Waals surface area contributed by atoms with E-state index in [1.54, 1.807) is 6.92 Å². The van der Waals surface area contributed by atoms with Crippen LogP contribution in [0.15, 0.2) is 34.1 Å². The second-order valence-corrected chi connectivity index (χ2v) is 5.99. The van der Waals surface area contributed by atoms with Crippen molar-refractivity contribution >= 4 is 35.0 Å². The number of nitrogens with one attached hydrogen (secondary N) is 2. The standard InChI is InChI=1S/C15H11ClFN3O2S/c1-8-4-13(21)20-15(10(8)6-18)23-7-14(22)19-12-3-2-9(17)5-11(12)16/h2-5H,7H2,1H3,(H,19,22)(H,20,21). The Morgan fingerprint density at radius 3 is 2.87 bits per heavy atom. The lowest BCUT2D eigenvalue weighted by atomic mass is 10.2. The van der Waals surface area contributed by atoms with Crippen molar-refractivity contribution in [2.45, 2.75) is 11.9 Å². The molecule has 0 atom stereocenters. The van der Waals surface area contributed by atoms with Crippen molar-refractivity contribution in [2.24, 2.45) is 0 Å². The molecule has 1 aromatic heterocycles. The van der Waals surface area contributed by atoms with Crippen LogP contribution in [0.5, 0.6) is 0 Å². The van der Waals surface area contributed by atoms with Crippen LogP contribution >= 0.6 is 23.4 Å². The molecule has 0 unspecified atom stereocenters. The summed E-state index contributed by atoms with van der Waals surface area (Å²) in [6.45, 7) is 1.65. The fourth-order valence-electron chi connectivity index (χ4n) is 1.82. The molecule has 0 radical (unpaired) electrons. The quantitative estimate of drug-likeness (QED) is 0.829. The normalized spacial score (nSPS) is 10.2. The minimum absolute atomic E-state index is 0.0399. The summed E-state index contributed by atoms with van der Waals surface area (Å²) in [6.07, 6.45) is 0. The lowest BCUT2D eigenvalue weighted by molar-refractivity contribution is -0.113. The Morgan fingerprint density at radius 2 is 2.22 bits per heavy atom. The van der Waals surface area contributed by atoms with E-state index >= 15 is 0 Å². The van der Waals surface area contributed by atoms with E-state index < -0.39 is 11.7 Å². The number of nitriles is 1. The summed E-state index contributed by atoms with van der Waals surface area (Å²) >= 11 is 6.86. The smallest absolute Gasteiger partial charge is 0.249 e. The van der Waals surface area contributed by atoms with Gasteiger partial charge in [0.25, 0.3) is 0 Å². The second kappa shape index (κ2) is 7.31. The van der Waals surface area contributed by atoms with Gasteiger partial charge in [0.15, 0.2) is 0 Å². The summed E-state index contributed by atoms with van der Waals surface area (Å²) in [5.74, 6) is -0.935. The van der Waals surface area contributed by atoms with Crippen molar-refractivity contribution in [3.05, 3.63) is 56.6 Å². The first-order chi connectivity index (χ1) is 10.9. The van der Waals surface area contributed by atoms with Gasteiger partial charge in [-0.1, -0.05) is 23.4 Å². The molecule has 1 aromatic carbocycles. The van der Waals surface area contributed by atoms with Gasteiger partial charge in [-0.2, -0.15) is 5.26 Å². The highest BCUT2D eigenvalue weighted by Gasteiger charge is 2.12. The SMILES string of the molecule is Cc1cc(=O)[nH]c(SCC(=O)Nc2ccc(F)cc2Cl)c1C#N. The molecule has 0 aliphatic heterocycles. The minimum Gasteiger partial charge on any atom is -0.324 e. The highest BCUT2D eigenvalue weighted by molar-refractivity contribution is 8.00. The second-order valence-electron chi connectivity index (χ2n) is 4.59. The largest absolute Gasteiger partial charge is 0.324 e. The third-order valence-corrected chi connectivity index (χ3v) is 4.18. The lowest BCUT2D eigenvalue weighted by Crippen LogP contribution is -2.16. The van der Waals surface area contributed by atoms with Gasteiger partial charge in [-0.15, -0.1) is 0 Å². The van der Waals surface area contributed by atoms with Crippen molar-refractivity contribution in [3.8, 4) is 6.07 Å². The number of H-pyrrole nitrogens is 1. The average Bonchev–Trinajstić information content (AvgIpc) is 2.47. The Hall–Kier alpha value is -2.30. The fraction of sp³-hybridized carbons (Fsp3) is 0.133. The highest BCUT2D eigenvalue weighted by Crippen LogP contribution is 2.24. The number of hydrogen-bond donors (Lipinski definition) is 2. The summed E-state index contributed by atoms with van der Waals surface area (Å²) in [5, 5.41) is 12.1. The molecule has 0 fully saturated rings.